The van der Waals surface area contributed by atoms with Gasteiger partial charge in [0.15, 0.2) is 0 Å². The van der Waals surface area contributed by atoms with Crippen molar-refractivity contribution in [2.75, 3.05) is 26.3 Å². The van der Waals surface area contributed by atoms with Gasteiger partial charge in [0.2, 0.25) is 5.91 Å². The molecule has 1 N–H and O–H groups in total. The number of amides is 1. The second-order valence-electron chi connectivity index (χ2n) is 7.97. The highest BCUT2D eigenvalue weighted by molar-refractivity contribution is 5.81. The van der Waals surface area contributed by atoms with Crippen LogP contribution in [0.15, 0.2) is 24.3 Å². The van der Waals surface area contributed by atoms with E-state index in [1.54, 1.807) is 6.07 Å². The predicted molar refractivity (Wildman–Crippen MR) is 102 cm³/mol. The molecule has 2 aliphatic rings. The highest BCUT2D eigenvalue weighted by Crippen LogP contribution is 2.33. The highest BCUT2D eigenvalue weighted by atomic mass is 19.4. The van der Waals surface area contributed by atoms with E-state index in [1.165, 1.54) is 12.1 Å². The first-order valence-corrected chi connectivity index (χ1v) is 10.2. The Morgan fingerprint density at radius 2 is 2.10 bits per heavy atom. The Labute approximate surface area is 169 Å². The molecule has 1 amide bonds. The van der Waals surface area contributed by atoms with Gasteiger partial charge < -0.3 is 14.8 Å². The second-order valence-corrected chi connectivity index (χ2v) is 7.97. The minimum absolute atomic E-state index is 0.117. The first kappa shape index (κ1) is 22.1. The van der Waals surface area contributed by atoms with Gasteiger partial charge in [-0.25, -0.2) is 0 Å². The first-order valence-electron chi connectivity index (χ1n) is 10.2. The molecule has 2 saturated heterocycles. The van der Waals surface area contributed by atoms with Crippen LogP contribution in [0.5, 0.6) is 0 Å². The fourth-order valence-corrected chi connectivity index (χ4v) is 4.04. The quantitative estimate of drug-likeness (QED) is 0.776. The lowest BCUT2D eigenvalue weighted by molar-refractivity contribution is -0.137. The summed E-state index contributed by atoms with van der Waals surface area (Å²) in [6.07, 6.45) is -2.72. The molecule has 2 aliphatic heterocycles. The molecule has 1 aromatic rings. The molecule has 1 spiro atoms. The van der Waals surface area contributed by atoms with Crippen molar-refractivity contribution in [3.63, 3.8) is 0 Å². The van der Waals surface area contributed by atoms with Gasteiger partial charge in [-0.05, 0) is 24.5 Å². The molecule has 2 unspecified atom stereocenters. The molecular formula is C21H29F3N2O3. The van der Waals surface area contributed by atoms with Crippen molar-refractivity contribution in [3.8, 4) is 0 Å². The Kier molecular flexibility index (Phi) is 6.86. The van der Waals surface area contributed by atoms with Crippen molar-refractivity contribution in [3.05, 3.63) is 35.4 Å². The number of alkyl halides is 3. The van der Waals surface area contributed by atoms with E-state index in [4.69, 9.17) is 9.47 Å². The summed E-state index contributed by atoms with van der Waals surface area (Å²) in [6, 6.07) is 5.55. The topological polar surface area (TPSA) is 50.8 Å². The van der Waals surface area contributed by atoms with E-state index in [0.29, 0.717) is 44.8 Å². The number of benzene rings is 1. The van der Waals surface area contributed by atoms with E-state index < -0.39 is 23.4 Å². The number of hydrogen-bond acceptors (Lipinski definition) is 4. The van der Waals surface area contributed by atoms with E-state index in [1.807, 2.05) is 13.8 Å². The van der Waals surface area contributed by atoms with E-state index >= 15 is 0 Å². The molecule has 0 aliphatic carbocycles. The summed E-state index contributed by atoms with van der Waals surface area (Å²) in [7, 11) is 0. The Bertz CT molecular complexity index is 709. The van der Waals surface area contributed by atoms with Gasteiger partial charge in [-0.1, -0.05) is 32.0 Å². The lowest BCUT2D eigenvalue weighted by Gasteiger charge is -2.39. The van der Waals surface area contributed by atoms with Crippen molar-refractivity contribution in [1.82, 2.24) is 10.2 Å². The van der Waals surface area contributed by atoms with Crippen LogP contribution in [0.3, 0.4) is 0 Å². The van der Waals surface area contributed by atoms with Crippen molar-refractivity contribution >= 4 is 5.91 Å². The number of hydrogen-bond donors (Lipinski definition) is 1. The monoisotopic (exact) mass is 414 g/mol. The molecular weight excluding hydrogens is 385 g/mol. The van der Waals surface area contributed by atoms with Gasteiger partial charge in [0.25, 0.3) is 0 Å². The zero-order valence-electron chi connectivity index (χ0n) is 16.9. The largest absolute Gasteiger partial charge is 0.416 e. The summed E-state index contributed by atoms with van der Waals surface area (Å²) in [5.74, 6) is -0.117. The van der Waals surface area contributed by atoms with Crippen LogP contribution in [0.25, 0.3) is 0 Å². The highest BCUT2D eigenvalue weighted by Gasteiger charge is 2.47. The third kappa shape index (κ3) is 5.49. The van der Waals surface area contributed by atoms with Crippen LogP contribution < -0.4 is 5.32 Å². The molecule has 2 fully saturated rings. The maximum atomic E-state index is 13.0. The number of carbonyl (C=O) groups is 1. The van der Waals surface area contributed by atoms with Gasteiger partial charge in [-0.2, -0.15) is 13.2 Å². The van der Waals surface area contributed by atoms with Crippen molar-refractivity contribution in [2.24, 2.45) is 0 Å². The Balaban J connectivity index is 1.60. The molecule has 3 rings (SSSR count). The SMILES string of the molecule is CCC(CC)NC(=O)C1CC2(CO1)CN(Cc1cccc(C(F)(F)F)c1)CCO2. The van der Waals surface area contributed by atoms with Crippen LogP contribution in [0, 0.1) is 0 Å². The number of halogens is 3. The van der Waals surface area contributed by atoms with E-state index in [0.717, 1.165) is 18.9 Å². The minimum Gasteiger partial charge on any atom is -0.370 e. The first-order chi connectivity index (χ1) is 13.7. The summed E-state index contributed by atoms with van der Waals surface area (Å²) in [6.45, 7) is 6.39. The lowest BCUT2D eigenvalue weighted by atomic mass is 9.96. The Hall–Kier alpha value is -1.64. The molecule has 2 atom stereocenters. The zero-order valence-corrected chi connectivity index (χ0v) is 16.9. The number of morpholine rings is 1. The van der Waals surface area contributed by atoms with Gasteiger partial charge in [-0.3, -0.25) is 9.69 Å². The number of carbonyl (C=O) groups excluding carboxylic acids is 1. The standard InChI is InChI=1S/C21H29F3N2O3/c1-3-17(4-2)25-19(27)18-11-20(14-28-18)13-26(8-9-29-20)12-15-6-5-7-16(10-15)21(22,23)24/h5-7,10,17-18H,3-4,8-9,11-14H2,1-2H3,(H,25,27). The van der Waals surface area contributed by atoms with Crippen LogP contribution in [0.2, 0.25) is 0 Å². The maximum absolute atomic E-state index is 13.0. The molecule has 0 bridgehead atoms. The molecule has 0 aromatic heterocycles. The summed E-state index contributed by atoms with van der Waals surface area (Å²) in [5.41, 5.74) is -0.616. The average molecular weight is 414 g/mol. The van der Waals surface area contributed by atoms with Crippen LogP contribution >= 0.6 is 0 Å². The fourth-order valence-electron chi connectivity index (χ4n) is 4.04. The van der Waals surface area contributed by atoms with Gasteiger partial charge in [0.1, 0.15) is 11.7 Å². The third-order valence-electron chi connectivity index (χ3n) is 5.72. The van der Waals surface area contributed by atoms with E-state index in [2.05, 4.69) is 10.2 Å². The minimum atomic E-state index is -4.35. The van der Waals surface area contributed by atoms with Crippen molar-refractivity contribution in [1.29, 1.82) is 0 Å². The molecule has 5 nitrogen and oxygen atoms in total. The zero-order chi connectivity index (χ0) is 21.1. The molecule has 2 heterocycles. The van der Waals surface area contributed by atoms with Gasteiger partial charge in [0, 0.05) is 32.1 Å². The molecule has 8 heteroatoms. The van der Waals surface area contributed by atoms with E-state index in [-0.39, 0.29) is 11.9 Å². The Morgan fingerprint density at radius 3 is 2.79 bits per heavy atom. The van der Waals surface area contributed by atoms with Crippen molar-refractivity contribution < 1.29 is 27.4 Å². The maximum Gasteiger partial charge on any atom is 0.416 e. The molecule has 1 aromatic carbocycles. The molecule has 29 heavy (non-hydrogen) atoms. The number of ether oxygens (including phenoxy) is 2. The normalized spacial score (nSPS) is 25.7. The average Bonchev–Trinajstić information content (AvgIpc) is 3.08. The summed E-state index contributed by atoms with van der Waals surface area (Å²) in [5, 5.41) is 3.01. The smallest absolute Gasteiger partial charge is 0.370 e. The fraction of sp³-hybridized carbons (Fsp3) is 0.667. The molecule has 0 saturated carbocycles. The van der Waals surface area contributed by atoms with E-state index in [9.17, 15) is 18.0 Å². The van der Waals surface area contributed by atoms with Crippen LogP contribution in [-0.2, 0) is 27.0 Å². The Morgan fingerprint density at radius 1 is 1.34 bits per heavy atom. The van der Waals surface area contributed by atoms with Crippen LogP contribution in [-0.4, -0.2) is 54.9 Å². The number of rotatable bonds is 6. The molecule has 162 valence electrons. The molecule has 0 radical (unpaired) electrons. The summed E-state index contributed by atoms with van der Waals surface area (Å²) >= 11 is 0. The lowest BCUT2D eigenvalue weighted by Crippen LogP contribution is -2.52. The third-order valence-corrected chi connectivity index (χ3v) is 5.72. The number of nitrogens with zero attached hydrogens (tertiary/aromatic N) is 1. The van der Waals surface area contributed by atoms with Crippen LogP contribution in [0.4, 0.5) is 13.2 Å². The van der Waals surface area contributed by atoms with Crippen molar-refractivity contribution in [2.45, 2.75) is 63.6 Å². The summed E-state index contributed by atoms with van der Waals surface area (Å²) < 4.78 is 50.6. The van der Waals surface area contributed by atoms with Crippen LogP contribution in [0.1, 0.15) is 44.2 Å². The number of nitrogens with one attached hydrogen (secondary N) is 1. The summed E-state index contributed by atoms with van der Waals surface area (Å²) in [4.78, 5) is 14.6. The van der Waals surface area contributed by atoms with Gasteiger partial charge in [-0.15, -0.1) is 0 Å². The van der Waals surface area contributed by atoms with Gasteiger partial charge in [0.05, 0.1) is 18.8 Å². The predicted octanol–water partition coefficient (Wildman–Crippen LogP) is 3.37. The second kappa shape index (κ2) is 9.02. The van der Waals surface area contributed by atoms with Gasteiger partial charge >= 0.3 is 6.18 Å².